The van der Waals surface area contributed by atoms with Crippen molar-refractivity contribution in [3.63, 3.8) is 0 Å². The number of thiophene rings is 1. The molecule has 7 heteroatoms. The Morgan fingerprint density at radius 1 is 1.06 bits per heavy atom. The van der Waals surface area contributed by atoms with Crippen molar-refractivity contribution in [1.29, 1.82) is 0 Å². The third-order valence-corrected chi connectivity index (χ3v) is 7.06. The van der Waals surface area contributed by atoms with Crippen molar-refractivity contribution >= 4 is 21.6 Å². The molecule has 0 saturated heterocycles. The van der Waals surface area contributed by atoms with Crippen molar-refractivity contribution in [2.24, 2.45) is 0 Å². The van der Waals surface area contributed by atoms with Crippen molar-refractivity contribution in [2.75, 3.05) is 6.61 Å². The topological polar surface area (TPSA) is 64.2 Å². The van der Waals surface area contributed by atoms with Crippen LogP contribution >= 0.6 is 11.3 Å². The monoisotopic (exact) mass is 464 g/mol. The second-order valence-corrected chi connectivity index (χ2v) is 9.26. The molecule has 0 fully saturated rings. The first kappa shape index (κ1) is 21.6. The Balaban J connectivity index is 1.47. The first-order valence-corrected chi connectivity index (χ1v) is 12.1. The third-order valence-electron chi connectivity index (χ3n) is 5.88. The lowest BCUT2D eigenvalue weighted by Crippen LogP contribution is -2.10. The van der Waals surface area contributed by atoms with Crippen LogP contribution in [0.5, 0.6) is 11.5 Å². The normalized spacial score (nSPS) is 13.5. The van der Waals surface area contributed by atoms with E-state index in [2.05, 4.69) is 4.98 Å². The van der Waals surface area contributed by atoms with E-state index in [9.17, 15) is 9.18 Å². The van der Waals surface area contributed by atoms with E-state index in [1.54, 1.807) is 23.5 Å². The number of halogens is 1. The number of hydrogen-bond donors (Lipinski definition) is 1. The summed E-state index contributed by atoms with van der Waals surface area (Å²) >= 11 is 1.64. The number of nitrogens with zero attached hydrogens (tertiary/aromatic N) is 1. The van der Waals surface area contributed by atoms with Crippen LogP contribution in [0.1, 0.15) is 42.2 Å². The highest BCUT2D eigenvalue weighted by atomic mass is 32.1. The molecule has 0 atom stereocenters. The van der Waals surface area contributed by atoms with Crippen molar-refractivity contribution in [3.8, 4) is 22.9 Å². The lowest BCUT2D eigenvalue weighted by atomic mass is 10.1. The number of H-pyrrole nitrogens is 1. The number of nitrogens with one attached hydrogen (secondary N) is 1. The van der Waals surface area contributed by atoms with Gasteiger partial charge in [0.15, 0.2) is 11.5 Å². The second kappa shape index (κ2) is 9.35. The van der Waals surface area contributed by atoms with Gasteiger partial charge in [-0.15, -0.1) is 11.3 Å². The molecule has 0 unspecified atom stereocenters. The van der Waals surface area contributed by atoms with Gasteiger partial charge in [0.2, 0.25) is 0 Å². The van der Waals surface area contributed by atoms with Crippen LogP contribution in [0.25, 0.3) is 21.6 Å². The first-order valence-electron chi connectivity index (χ1n) is 11.3. The maximum absolute atomic E-state index is 13.5. The van der Waals surface area contributed by atoms with E-state index in [1.165, 1.54) is 35.4 Å². The smallest absolute Gasteiger partial charge is 0.260 e. The van der Waals surface area contributed by atoms with Crippen LogP contribution in [0, 0.1) is 5.82 Å². The zero-order valence-electron chi connectivity index (χ0n) is 18.4. The Bertz CT molecular complexity index is 1360. The lowest BCUT2D eigenvalue weighted by Gasteiger charge is -2.13. The molecule has 0 aliphatic heterocycles. The van der Waals surface area contributed by atoms with Gasteiger partial charge in [0.05, 0.1) is 12.0 Å². The Labute approximate surface area is 195 Å². The molecule has 0 radical (unpaired) electrons. The third kappa shape index (κ3) is 4.50. The summed E-state index contributed by atoms with van der Waals surface area (Å²) in [5.74, 6) is 1.32. The molecule has 33 heavy (non-hydrogen) atoms. The zero-order chi connectivity index (χ0) is 22.8. The molecule has 1 aliphatic carbocycles. The molecule has 2 heterocycles. The lowest BCUT2D eigenvalue weighted by molar-refractivity contribution is 0.269. The van der Waals surface area contributed by atoms with E-state index in [1.807, 2.05) is 25.1 Å². The summed E-state index contributed by atoms with van der Waals surface area (Å²) < 4.78 is 25.2. The summed E-state index contributed by atoms with van der Waals surface area (Å²) in [6.07, 6.45) is 5.47. The highest BCUT2D eigenvalue weighted by molar-refractivity contribution is 7.18. The van der Waals surface area contributed by atoms with Crippen LogP contribution in [-0.4, -0.2) is 16.6 Å². The standard InChI is InChI=1S/C26H25FN2O3S/c1-2-31-21-14-17(11-12-20(21)32-15-16-7-6-8-18(27)13-16)24-28-25(30)23-19-9-4-3-5-10-22(19)33-26(23)29-24/h6-8,11-14H,2-5,9-10,15H2,1H3,(H,28,29,30). The van der Waals surface area contributed by atoms with Crippen molar-refractivity contribution < 1.29 is 13.9 Å². The van der Waals surface area contributed by atoms with Crippen LogP contribution in [0.2, 0.25) is 0 Å². The average molecular weight is 465 g/mol. The van der Waals surface area contributed by atoms with E-state index in [4.69, 9.17) is 14.5 Å². The number of rotatable bonds is 6. The van der Waals surface area contributed by atoms with Crippen molar-refractivity contribution in [2.45, 2.75) is 45.6 Å². The van der Waals surface area contributed by atoms with E-state index >= 15 is 0 Å². The Kier molecular flexibility index (Phi) is 6.13. The van der Waals surface area contributed by atoms with Gasteiger partial charge in [-0.05, 0) is 74.1 Å². The largest absolute Gasteiger partial charge is 0.490 e. The average Bonchev–Trinajstić information content (AvgIpc) is 3.00. The fourth-order valence-corrected chi connectivity index (χ4v) is 5.57. The molecule has 1 aliphatic rings. The molecule has 0 amide bonds. The predicted molar refractivity (Wildman–Crippen MR) is 129 cm³/mol. The first-order chi connectivity index (χ1) is 16.1. The van der Waals surface area contributed by atoms with Crippen LogP contribution in [0.15, 0.2) is 47.3 Å². The number of aromatic amines is 1. The molecule has 2 aromatic heterocycles. The molecule has 4 aromatic rings. The second-order valence-electron chi connectivity index (χ2n) is 8.17. The number of benzene rings is 2. The Hall–Kier alpha value is -3.19. The van der Waals surface area contributed by atoms with E-state index in [0.717, 1.165) is 40.6 Å². The Morgan fingerprint density at radius 3 is 2.79 bits per heavy atom. The van der Waals surface area contributed by atoms with Gasteiger partial charge in [-0.3, -0.25) is 4.79 Å². The molecule has 2 aromatic carbocycles. The number of aromatic nitrogens is 2. The molecule has 1 N–H and O–H groups in total. The summed E-state index contributed by atoms with van der Waals surface area (Å²) in [7, 11) is 0. The maximum Gasteiger partial charge on any atom is 0.260 e. The van der Waals surface area contributed by atoms with E-state index in [0.29, 0.717) is 23.9 Å². The predicted octanol–water partition coefficient (Wildman–Crippen LogP) is 6.04. The van der Waals surface area contributed by atoms with E-state index in [-0.39, 0.29) is 18.0 Å². The van der Waals surface area contributed by atoms with Crippen molar-refractivity contribution in [3.05, 3.63) is 74.6 Å². The van der Waals surface area contributed by atoms with Gasteiger partial charge in [0, 0.05) is 10.4 Å². The van der Waals surface area contributed by atoms with Crippen LogP contribution in [0.3, 0.4) is 0 Å². The summed E-state index contributed by atoms with van der Waals surface area (Å²) in [5, 5.41) is 0.751. The van der Waals surface area contributed by atoms with Gasteiger partial charge < -0.3 is 14.5 Å². The minimum absolute atomic E-state index is 0.0845. The SMILES string of the molecule is CCOc1cc(-c2nc3sc4c(c3c(=O)[nH]2)CCCCC4)ccc1OCc1cccc(F)c1. The number of hydrogen-bond acceptors (Lipinski definition) is 5. The zero-order valence-corrected chi connectivity index (χ0v) is 19.3. The van der Waals surface area contributed by atoms with Crippen LogP contribution in [0.4, 0.5) is 4.39 Å². The molecular weight excluding hydrogens is 439 g/mol. The van der Waals surface area contributed by atoms with Gasteiger partial charge in [-0.25, -0.2) is 9.37 Å². The van der Waals surface area contributed by atoms with Crippen LogP contribution in [-0.2, 0) is 19.4 Å². The molecule has 0 saturated carbocycles. The number of aryl methyl sites for hydroxylation is 2. The summed E-state index contributed by atoms with van der Waals surface area (Å²) in [4.78, 5) is 22.9. The fourth-order valence-electron chi connectivity index (χ4n) is 4.31. The highest BCUT2D eigenvalue weighted by Crippen LogP contribution is 2.35. The molecule has 5 nitrogen and oxygen atoms in total. The van der Waals surface area contributed by atoms with Gasteiger partial charge in [-0.1, -0.05) is 18.6 Å². The minimum atomic E-state index is -0.298. The molecule has 0 spiro atoms. The molecule has 0 bridgehead atoms. The number of fused-ring (bicyclic) bond motifs is 3. The summed E-state index contributed by atoms with van der Waals surface area (Å²) in [5.41, 5.74) is 2.58. The van der Waals surface area contributed by atoms with Gasteiger partial charge in [0.25, 0.3) is 5.56 Å². The van der Waals surface area contributed by atoms with Gasteiger partial charge >= 0.3 is 0 Å². The fraction of sp³-hybridized carbons (Fsp3) is 0.308. The summed E-state index contributed by atoms with van der Waals surface area (Å²) in [6.45, 7) is 2.58. The molecular formula is C26H25FN2O3S. The highest BCUT2D eigenvalue weighted by Gasteiger charge is 2.20. The molecule has 170 valence electrons. The maximum atomic E-state index is 13.5. The van der Waals surface area contributed by atoms with Gasteiger partial charge in [-0.2, -0.15) is 0 Å². The Morgan fingerprint density at radius 2 is 1.94 bits per heavy atom. The summed E-state index contributed by atoms with van der Waals surface area (Å²) in [6, 6.07) is 11.8. The molecule has 5 rings (SSSR count). The van der Waals surface area contributed by atoms with E-state index < -0.39 is 0 Å². The quantitative estimate of drug-likeness (QED) is 0.354. The van der Waals surface area contributed by atoms with Crippen LogP contribution < -0.4 is 15.0 Å². The minimum Gasteiger partial charge on any atom is -0.490 e. The van der Waals surface area contributed by atoms with Gasteiger partial charge in [0.1, 0.15) is 23.1 Å². The number of ether oxygens (including phenoxy) is 2. The van der Waals surface area contributed by atoms with Crippen molar-refractivity contribution in [1.82, 2.24) is 9.97 Å².